The van der Waals surface area contributed by atoms with Gasteiger partial charge in [-0.3, -0.25) is 4.79 Å². The number of amides is 1. The van der Waals surface area contributed by atoms with Crippen LogP contribution in [-0.2, 0) is 6.54 Å². The maximum Gasteiger partial charge on any atom is 0.258 e. The molecule has 1 amide bonds. The van der Waals surface area contributed by atoms with Crippen molar-refractivity contribution < 1.29 is 9.21 Å². The summed E-state index contributed by atoms with van der Waals surface area (Å²) in [5.74, 6) is 0.452. The Morgan fingerprint density at radius 3 is 2.74 bits per heavy atom. The van der Waals surface area contributed by atoms with Crippen LogP contribution >= 0.6 is 27.5 Å². The van der Waals surface area contributed by atoms with E-state index in [0.29, 0.717) is 34.1 Å². The normalized spacial score (nSPS) is 13.4. The molecule has 27 heavy (non-hydrogen) atoms. The van der Waals surface area contributed by atoms with E-state index in [-0.39, 0.29) is 5.91 Å². The number of anilines is 1. The second kappa shape index (κ2) is 6.22. The van der Waals surface area contributed by atoms with Gasteiger partial charge in [0.15, 0.2) is 5.58 Å². The van der Waals surface area contributed by atoms with Crippen LogP contribution in [0, 0.1) is 0 Å². The molecule has 0 radical (unpaired) electrons. The molecule has 4 aromatic rings. The van der Waals surface area contributed by atoms with Crippen molar-refractivity contribution in [3.05, 3.63) is 81.3 Å². The minimum atomic E-state index is 0.00343. The van der Waals surface area contributed by atoms with E-state index in [1.165, 1.54) is 0 Å². The Hall–Kier alpha value is -2.63. The highest BCUT2D eigenvalue weighted by Crippen LogP contribution is 2.34. The first kappa shape index (κ1) is 16.5. The van der Waals surface area contributed by atoms with Crippen molar-refractivity contribution in [3.8, 4) is 11.5 Å². The molecular formula is C21H12BrClN2O2. The minimum Gasteiger partial charge on any atom is -0.436 e. The first-order chi connectivity index (χ1) is 13.1. The van der Waals surface area contributed by atoms with Gasteiger partial charge in [0.05, 0.1) is 17.1 Å². The average molecular weight is 440 g/mol. The van der Waals surface area contributed by atoms with Crippen molar-refractivity contribution in [1.82, 2.24) is 4.98 Å². The molecule has 0 unspecified atom stereocenters. The van der Waals surface area contributed by atoms with E-state index in [4.69, 9.17) is 16.0 Å². The van der Waals surface area contributed by atoms with E-state index in [1.54, 1.807) is 11.0 Å². The van der Waals surface area contributed by atoms with Gasteiger partial charge in [0.25, 0.3) is 5.91 Å². The van der Waals surface area contributed by atoms with Gasteiger partial charge in [-0.05, 0) is 48.0 Å². The fraction of sp³-hybridized carbons (Fsp3) is 0.0476. The van der Waals surface area contributed by atoms with Crippen LogP contribution in [-0.4, -0.2) is 10.9 Å². The van der Waals surface area contributed by atoms with Gasteiger partial charge >= 0.3 is 0 Å². The van der Waals surface area contributed by atoms with E-state index >= 15 is 0 Å². The van der Waals surface area contributed by atoms with Crippen LogP contribution in [0.5, 0.6) is 0 Å². The van der Waals surface area contributed by atoms with Crippen LogP contribution in [0.3, 0.4) is 0 Å². The average Bonchev–Trinajstić information content (AvgIpc) is 3.24. The van der Waals surface area contributed by atoms with Crippen molar-refractivity contribution >= 4 is 50.2 Å². The number of carbonyl (C=O) groups excluding carboxylic acids is 1. The second-order valence-electron chi connectivity index (χ2n) is 6.34. The van der Waals surface area contributed by atoms with E-state index in [1.807, 2.05) is 54.6 Å². The summed E-state index contributed by atoms with van der Waals surface area (Å²) in [6, 6.07) is 18.8. The summed E-state index contributed by atoms with van der Waals surface area (Å²) in [6.07, 6.45) is 0. The zero-order valence-corrected chi connectivity index (χ0v) is 16.3. The molecule has 1 aliphatic heterocycles. The number of hydrogen-bond donors (Lipinski definition) is 0. The standard InChI is InChI=1S/C21H12BrClN2O2/c22-13-5-7-17(23)16(9-13)20-24-18-10-14(6-8-19(18)27-20)25-11-12-3-1-2-4-15(12)21(25)26/h1-10H,11H2. The van der Waals surface area contributed by atoms with Gasteiger partial charge in [-0.15, -0.1) is 0 Å². The van der Waals surface area contributed by atoms with Crippen molar-refractivity contribution in [3.63, 3.8) is 0 Å². The molecule has 0 fully saturated rings. The molecule has 6 heteroatoms. The molecule has 0 bridgehead atoms. The Bertz CT molecular complexity index is 1220. The van der Waals surface area contributed by atoms with Crippen LogP contribution in [0.4, 0.5) is 5.69 Å². The number of aromatic nitrogens is 1. The third kappa shape index (κ3) is 2.74. The lowest BCUT2D eigenvalue weighted by Gasteiger charge is -2.15. The fourth-order valence-electron chi connectivity index (χ4n) is 3.32. The molecule has 5 rings (SSSR count). The van der Waals surface area contributed by atoms with Gasteiger partial charge < -0.3 is 9.32 Å². The molecule has 0 atom stereocenters. The lowest BCUT2D eigenvalue weighted by Crippen LogP contribution is -2.22. The van der Waals surface area contributed by atoms with Crippen molar-refractivity contribution in [2.24, 2.45) is 0 Å². The Balaban J connectivity index is 1.56. The van der Waals surface area contributed by atoms with Gasteiger partial charge in [0, 0.05) is 15.7 Å². The first-order valence-corrected chi connectivity index (χ1v) is 9.53. The molecular weight excluding hydrogens is 428 g/mol. The Kier molecular flexibility index (Phi) is 3.81. The minimum absolute atomic E-state index is 0.00343. The van der Waals surface area contributed by atoms with Crippen molar-refractivity contribution in [2.75, 3.05) is 4.90 Å². The van der Waals surface area contributed by atoms with E-state index < -0.39 is 0 Å². The summed E-state index contributed by atoms with van der Waals surface area (Å²) in [4.78, 5) is 19.0. The summed E-state index contributed by atoms with van der Waals surface area (Å²) >= 11 is 9.73. The number of nitrogens with zero attached hydrogens (tertiary/aromatic N) is 2. The molecule has 1 aromatic heterocycles. The SMILES string of the molecule is O=C1c2ccccc2CN1c1ccc2oc(-c3cc(Br)ccc3Cl)nc2c1. The van der Waals surface area contributed by atoms with Crippen LogP contribution in [0.25, 0.3) is 22.6 Å². The molecule has 0 spiro atoms. The van der Waals surface area contributed by atoms with Gasteiger partial charge in [-0.2, -0.15) is 0 Å². The number of oxazole rings is 1. The molecule has 132 valence electrons. The number of halogens is 2. The summed E-state index contributed by atoms with van der Waals surface area (Å²) in [5, 5.41) is 0.565. The molecule has 2 heterocycles. The number of hydrogen-bond acceptors (Lipinski definition) is 3. The zero-order valence-electron chi connectivity index (χ0n) is 13.9. The Labute approximate surface area is 168 Å². The number of fused-ring (bicyclic) bond motifs is 2. The highest BCUT2D eigenvalue weighted by molar-refractivity contribution is 9.10. The van der Waals surface area contributed by atoms with E-state index in [9.17, 15) is 4.79 Å². The monoisotopic (exact) mass is 438 g/mol. The quantitative estimate of drug-likeness (QED) is 0.381. The summed E-state index contributed by atoms with van der Waals surface area (Å²) in [5.41, 5.74) is 4.62. The van der Waals surface area contributed by atoms with Gasteiger partial charge in [0.1, 0.15) is 5.52 Å². The van der Waals surface area contributed by atoms with Crippen molar-refractivity contribution in [1.29, 1.82) is 0 Å². The van der Waals surface area contributed by atoms with Crippen LogP contribution in [0.1, 0.15) is 15.9 Å². The third-order valence-electron chi connectivity index (χ3n) is 4.66. The topological polar surface area (TPSA) is 46.3 Å². The highest BCUT2D eigenvalue weighted by Gasteiger charge is 2.28. The second-order valence-corrected chi connectivity index (χ2v) is 7.67. The molecule has 1 aliphatic rings. The zero-order chi connectivity index (χ0) is 18.5. The lowest BCUT2D eigenvalue weighted by molar-refractivity contribution is 0.0996. The lowest BCUT2D eigenvalue weighted by atomic mass is 10.1. The van der Waals surface area contributed by atoms with Crippen LogP contribution < -0.4 is 4.90 Å². The largest absolute Gasteiger partial charge is 0.436 e. The van der Waals surface area contributed by atoms with Crippen LogP contribution in [0.15, 0.2) is 69.6 Å². The first-order valence-electron chi connectivity index (χ1n) is 8.36. The maximum atomic E-state index is 12.7. The third-order valence-corrected chi connectivity index (χ3v) is 5.49. The molecule has 3 aromatic carbocycles. The van der Waals surface area contributed by atoms with E-state index in [0.717, 1.165) is 21.3 Å². The van der Waals surface area contributed by atoms with Crippen LogP contribution in [0.2, 0.25) is 5.02 Å². The molecule has 0 saturated heterocycles. The highest BCUT2D eigenvalue weighted by atomic mass is 79.9. The number of benzene rings is 3. The smallest absolute Gasteiger partial charge is 0.258 e. The van der Waals surface area contributed by atoms with Gasteiger partial charge in [-0.1, -0.05) is 45.7 Å². The molecule has 0 aliphatic carbocycles. The fourth-order valence-corrected chi connectivity index (χ4v) is 3.88. The molecule has 0 saturated carbocycles. The number of carbonyl (C=O) groups is 1. The predicted molar refractivity (Wildman–Crippen MR) is 109 cm³/mol. The Morgan fingerprint density at radius 1 is 1.04 bits per heavy atom. The molecule has 4 nitrogen and oxygen atoms in total. The van der Waals surface area contributed by atoms with E-state index in [2.05, 4.69) is 20.9 Å². The maximum absolute atomic E-state index is 12.7. The predicted octanol–water partition coefficient (Wildman–Crippen LogP) is 6.07. The summed E-state index contributed by atoms with van der Waals surface area (Å²) < 4.78 is 6.77. The van der Waals surface area contributed by atoms with Crippen molar-refractivity contribution in [2.45, 2.75) is 6.54 Å². The van der Waals surface area contributed by atoms with Gasteiger partial charge in [-0.25, -0.2) is 4.98 Å². The summed E-state index contributed by atoms with van der Waals surface area (Å²) in [6.45, 7) is 0.558. The number of rotatable bonds is 2. The molecule has 0 N–H and O–H groups in total. The van der Waals surface area contributed by atoms with Gasteiger partial charge in [0.2, 0.25) is 5.89 Å². The summed E-state index contributed by atoms with van der Waals surface area (Å²) in [7, 11) is 0. The Morgan fingerprint density at radius 2 is 1.89 bits per heavy atom.